The Bertz CT molecular complexity index is 104. The van der Waals surface area contributed by atoms with Gasteiger partial charge in [-0.2, -0.15) is 0 Å². The first-order valence-electron chi connectivity index (χ1n) is 3.99. The first-order valence-corrected chi connectivity index (χ1v) is 3.99. The van der Waals surface area contributed by atoms with Crippen LogP contribution in [0.25, 0.3) is 0 Å². The molecule has 0 radical (unpaired) electrons. The van der Waals surface area contributed by atoms with E-state index in [9.17, 15) is 5.11 Å². The van der Waals surface area contributed by atoms with Crippen LogP contribution < -0.4 is 0 Å². The zero-order valence-electron chi connectivity index (χ0n) is 7.04. The molecular weight excluding hydrogens is 126 g/mol. The number of aliphatic hydroxyl groups is 1. The second kappa shape index (κ2) is 2.89. The molecule has 2 nitrogen and oxygen atoms in total. The van der Waals surface area contributed by atoms with E-state index in [2.05, 4.69) is 25.8 Å². The second-order valence-corrected chi connectivity index (χ2v) is 3.55. The Morgan fingerprint density at radius 3 is 2.50 bits per heavy atom. The van der Waals surface area contributed by atoms with Gasteiger partial charge in [0, 0.05) is 12.6 Å². The lowest BCUT2D eigenvalue weighted by Crippen LogP contribution is -2.46. The van der Waals surface area contributed by atoms with E-state index in [1.807, 2.05) is 0 Å². The minimum absolute atomic E-state index is 0.101. The fourth-order valence-corrected chi connectivity index (χ4v) is 1.63. The van der Waals surface area contributed by atoms with Crippen LogP contribution in [-0.2, 0) is 0 Å². The van der Waals surface area contributed by atoms with E-state index in [-0.39, 0.29) is 6.10 Å². The molecule has 0 aliphatic carbocycles. The van der Waals surface area contributed by atoms with Gasteiger partial charge >= 0.3 is 0 Å². The van der Waals surface area contributed by atoms with Crippen LogP contribution in [0, 0.1) is 5.92 Å². The molecule has 0 aromatic heterocycles. The highest BCUT2D eigenvalue weighted by atomic mass is 16.3. The summed E-state index contributed by atoms with van der Waals surface area (Å²) in [5.74, 6) is 0.633. The topological polar surface area (TPSA) is 23.5 Å². The number of aliphatic hydroxyl groups excluding tert-OH is 1. The molecule has 3 atom stereocenters. The molecule has 0 amide bonds. The summed E-state index contributed by atoms with van der Waals surface area (Å²) in [7, 11) is 2.07. The third-order valence-electron chi connectivity index (χ3n) is 2.66. The Balaban J connectivity index is 2.49. The van der Waals surface area contributed by atoms with E-state index in [1.165, 1.54) is 0 Å². The third kappa shape index (κ3) is 1.50. The number of rotatable bonds is 0. The Labute approximate surface area is 62.8 Å². The molecule has 0 spiro atoms. The maximum Gasteiger partial charge on any atom is 0.0670 e. The molecular formula is C8H17NO. The summed E-state index contributed by atoms with van der Waals surface area (Å²) >= 11 is 0. The van der Waals surface area contributed by atoms with Crippen LogP contribution in [-0.4, -0.2) is 35.7 Å². The van der Waals surface area contributed by atoms with Crippen LogP contribution in [0.1, 0.15) is 20.3 Å². The SMILES string of the molecule is C[C@@H]1C[C@H](O)CN(C)[C@@H]1C. The molecule has 2 heteroatoms. The van der Waals surface area contributed by atoms with Crippen molar-refractivity contribution in [1.29, 1.82) is 0 Å². The van der Waals surface area contributed by atoms with Gasteiger partial charge in [-0.15, -0.1) is 0 Å². The minimum Gasteiger partial charge on any atom is -0.392 e. The van der Waals surface area contributed by atoms with Crippen LogP contribution in [0.5, 0.6) is 0 Å². The van der Waals surface area contributed by atoms with E-state index >= 15 is 0 Å². The molecule has 1 aliphatic rings. The molecule has 1 N–H and O–H groups in total. The minimum atomic E-state index is -0.101. The molecule has 60 valence electrons. The molecule has 1 heterocycles. The van der Waals surface area contributed by atoms with E-state index in [1.54, 1.807) is 0 Å². The molecule has 0 saturated carbocycles. The lowest BCUT2D eigenvalue weighted by atomic mass is 9.91. The molecule has 1 fully saturated rings. The van der Waals surface area contributed by atoms with E-state index < -0.39 is 0 Å². The van der Waals surface area contributed by atoms with Gasteiger partial charge in [-0.25, -0.2) is 0 Å². The predicted octanol–water partition coefficient (Wildman–Crippen LogP) is 0.707. The summed E-state index contributed by atoms with van der Waals surface area (Å²) in [4.78, 5) is 2.22. The van der Waals surface area contributed by atoms with Gasteiger partial charge in [0.15, 0.2) is 0 Å². The molecule has 1 saturated heterocycles. The highest BCUT2D eigenvalue weighted by molar-refractivity contribution is 4.80. The Kier molecular flexibility index (Phi) is 2.32. The maximum absolute atomic E-state index is 9.33. The summed E-state index contributed by atoms with van der Waals surface area (Å²) in [6.07, 6.45) is 0.863. The van der Waals surface area contributed by atoms with Gasteiger partial charge in [-0.05, 0) is 26.3 Å². The van der Waals surface area contributed by atoms with Gasteiger partial charge in [-0.1, -0.05) is 6.92 Å². The van der Waals surface area contributed by atoms with Crippen molar-refractivity contribution >= 4 is 0 Å². The zero-order valence-corrected chi connectivity index (χ0v) is 7.04. The van der Waals surface area contributed by atoms with Crippen molar-refractivity contribution in [2.24, 2.45) is 5.92 Å². The fourth-order valence-electron chi connectivity index (χ4n) is 1.63. The van der Waals surface area contributed by atoms with Crippen molar-refractivity contribution in [3.63, 3.8) is 0 Å². The fraction of sp³-hybridized carbons (Fsp3) is 1.00. The van der Waals surface area contributed by atoms with Crippen LogP contribution in [0.2, 0.25) is 0 Å². The van der Waals surface area contributed by atoms with Crippen LogP contribution in [0.4, 0.5) is 0 Å². The van der Waals surface area contributed by atoms with Crippen molar-refractivity contribution in [3.8, 4) is 0 Å². The molecule has 0 aromatic rings. The molecule has 10 heavy (non-hydrogen) atoms. The quantitative estimate of drug-likeness (QED) is 0.540. The first kappa shape index (κ1) is 8.02. The monoisotopic (exact) mass is 143 g/mol. The van der Waals surface area contributed by atoms with E-state index in [0.717, 1.165) is 13.0 Å². The van der Waals surface area contributed by atoms with Crippen molar-refractivity contribution < 1.29 is 5.11 Å². The number of likely N-dealkylation sites (N-methyl/N-ethyl adjacent to an activating group) is 1. The van der Waals surface area contributed by atoms with Gasteiger partial charge in [-0.3, -0.25) is 0 Å². The summed E-state index contributed by atoms with van der Waals surface area (Å²) in [5.41, 5.74) is 0. The highest BCUT2D eigenvalue weighted by Gasteiger charge is 2.26. The number of hydrogen-bond acceptors (Lipinski definition) is 2. The highest BCUT2D eigenvalue weighted by Crippen LogP contribution is 2.21. The number of piperidine rings is 1. The van der Waals surface area contributed by atoms with E-state index in [4.69, 9.17) is 0 Å². The third-order valence-corrected chi connectivity index (χ3v) is 2.66. The first-order chi connectivity index (χ1) is 4.61. The number of hydrogen-bond donors (Lipinski definition) is 1. The smallest absolute Gasteiger partial charge is 0.0670 e. The van der Waals surface area contributed by atoms with Crippen molar-refractivity contribution in [2.45, 2.75) is 32.4 Å². The van der Waals surface area contributed by atoms with Crippen LogP contribution >= 0.6 is 0 Å². The Morgan fingerprint density at radius 2 is 2.00 bits per heavy atom. The van der Waals surface area contributed by atoms with Crippen molar-refractivity contribution in [3.05, 3.63) is 0 Å². The summed E-state index contributed by atoms with van der Waals surface area (Å²) in [6, 6.07) is 0.628. The lowest BCUT2D eigenvalue weighted by molar-refractivity contribution is 0.0252. The summed E-state index contributed by atoms with van der Waals surface area (Å²) < 4.78 is 0. The maximum atomic E-state index is 9.33. The van der Waals surface area contributed by atoms with Crippen LogP contribution in [0.3, 0.4) is 0 Å². The normalized spacial score (nSPS) is 43.8. The van der Waals surface area contributed by atoms with Crippen molar-refractivity contribution in [2.75, 3.05) is 13.6 Å². The molecule has 1 rings (SSSR count). The van der Waals surface area contributed by atoms with E-state index in [0.29, 0.717) is 12.0 Å². The second-order valence-electron chi connectivity index (χ2n) is 3.55. The zero-order chi connectivity index (χ0) is 7.72. The Morgan fingerprint density at radius 1 is 1.40 bits per heavy atom. The Hall–Kier alpha value is -0.0800. The summed E-state index contributed by atoms with van der Waals surface area (Å²) in [5, 5.41) is 9.33. The average Bonchev–Trinajstić information content (AvgIpc) is 1.82. The van der Waals surface area contributed by atoms with Gasteiger partial charge in [0.25, 0.3) is 0 Å². The van der Waals surface area contributed by atoms with Gasteiger partial charge in [0.2, 0.25) is 0 Å². The lowest BCUT2D eigenvalue weighted by Gasteiger charge is -2.37. The average molecular weight is 143 g/mol. The molecule has 0 bridgehead atoms. The number of nitrogens with zero attached hydrogens (tertiary/aromatic N) is 1. The number of β-amino-alcohol motifs (C(OH)–C–C–N with tert-alkyl or cyclic N) is 1. The predicted molar refractivity (Wildman–Crippen MR) is 41.9 cm³/mol. The molecule has 1 aliphatic heterocycles. The van der Waals surface area contributed by atoms with Crippen molar-refractivity contribution in [1.82, 2.24) is 4.90 Å². The largest absolute Gasteiger partial charge is 0.392 e. The molecule has 0 unspecified atom stereocenters. The van der Waals surface area contributed by atoms with Gasteiger partial charge in [0.05, 0.1) is 6.10 Å². The standard InChI is InChI=1S/C8H17NO/c1-6-4-8(10)5-9(3)7(6)2/h6-8,10H,4-5H2,1-3H3/t6-,7-,8+/m1/s1. The number of likely N-dealkylation sites (tertiary alicyclic amines) is 1. The van der Waals surface area contributed by atoms with Gasteiger partial charge < -0.3 is 10.0 Å². The van der Waals surface area contributed by atoms with Crippen LogP contribution in [0.15, 0.2) is 0 Å². The molecule has 0 aromatic carbocycles. The summed E-state index contributed by atoms with van der Waals surface area (Å²) in [6.45, 7) is 5.26. The van der Waals surface area contributed by atoms with Gasteiger partial charge in [0.1, 0.15) is 0 Å².